The Bertz CT molecular complexity index is 536. The van der Waals surface area contributed by atoms with E-state index in [1.54, 1.807) is 6.20 Å². The fourth-order valence-corrected chi connectivity index (χ4v) is 2.22. The zero-order valence-corrected chi connectivity index (χ0v) is 11.3. The van der Waals surface area contributed by atoms with Crippen LogP contribution < -0.4 is 11.3 Å². The van der Waals surface area contributed by atoms with Gasteiger partial charge in [-0.2, -0.15) is 0 Å². The van der Waals surface area contributed by atoms with E-state index in [0.717, 1.165) is 28.4 Å². The molecule has 0 amide bonds. The summed E-state index contributed by atoms with van der Waals surface area (Å²) < 4.78 is 1.99. The van der Waals surface area contributed by atoms with Crippen LogP contribution in [0.15, 0.2) is 30.6 Å². The molecule has 96 valence electrons. The zero-order valence-electron chi connectivity index (χ0n) is 10.5. The molecule has 0 fully saturated rings. The van der Waals surface area contributed by atoms with Gasteiger partial charge in [-0.05, 0) is 24.1 Å². The number of hydrogen-bond donors (Lipinski definition) is 2. The molecule has 1 heterocycles. The molecule has 2 rings (SSSR count). The second-order valence-electron chi connectivity index (χ2n) is 4.33. The van der Waals surface area contributed by atoms with Crippen molar-refractivity contribution in [2.75, 3.05) is 0 Å². The van der Waals surface area contributed by atoms with Crippen LogP contribution in [0.2, 0.25) is 5.02 Å². The number of nitrogens with zero attached hydrogens (tertiary/aromatic N) is 2. The number of rotatable bonds is 4. The van der Waals surface area contributed by atoms with E-state index in [9.17, 15) is 0 Å². The van der Waals surface area contributed by atoms with Gasteiger partial charge in [0.15, 0.2) is 0 Å². The topological polar surface area (TPSA) is 55.9 Å². The second-order valence-corrected chi connectivity index (χ2v) is 4.74. The summed E-state index contributed by atoms with van der Waals surface area (Å²) in [4.78, 5) is 4.32. The average molecular weight is 265 g/mol. The third-order valence-corrected chi connectivity index (χ3v) is 3.60. The van der Waals surface area contributed by atoms with Gasteiger partial charge in [0, 0.05) is 30.9 Å². The van der Waals surface area contributed by atoms with Crippen molar-refractivity contribution in [2.45, 2.75) is 19.4 Å². The highest BCUT2D eigenvalue weighted by Crippen LogP contribution is 2.25. The third-order valence-electron chi connectivity index (χ3n) is 3.19. The van der Waals surface area contributed by atoms with Gasteiger partial charge in [-0.1, -0.05) is 23.7 Å². The molecule has 0 aliphatic carbocycles. The standard InChI is InChI=1S/C13H17ClN4/c1-9-10(4-3-5-11(9)14)12(17-15)8-13-16-6-7-18(13)2/h3-7,12,17H,8,15H2,1-2H3. The molecule has 1 atom stereocenters. The largest absolute Gasteiger partial charge is 0.338 e. The van der Waals surface area contributed by atoms with E-state index in [4.69, 9.17) is 17.4 Å². The van der Waals surface area contributed by atoms with Crippen LogP contribution in [0.3, 0.4) is 0 Å². The number of aryl methyl sites for hydroxylation is 1. The van der Waals surface area contributed by atoms with E-state index < -0.39 is 0 Å². The monoisotopic (exact) mass is 264 g/mol. The van der Waals surface area contributed by atoms with Crippen LogP contribution in [0.25, 0.3) is 0 Å². The summed E-state index contributed by atoms with van der Waals surface area (Å²) in [5.74, 6) is 6.64. The molecule has 1 aromatic heterocycles. The number of halogens is 1. The van der Waals surface area contributed by atoms with E-state index in [0.29, 0.717) is 0 Å². The Labute approximate surface area is 112 Å². The van der Waals surface area contributed by atoms with Gasteiger partial charge in [0.25, 0.3) is 0 Å². The summed E-state index contributed by atoms with van der Waals surface area (Å²) >= 11 is 6.14. The van der Waals surface area contributed by atoms with Gasteiger partial charge >= 0.3 is 0 Å². The highest BCUT2D eigenvalue weighted by atomic mass is 35.5. The van der Waals surface area contributed by atoms with Crippen LogP contribution in [-0.2, 0) is 13.5 Å². The maximum atomic E-state index is 6.14. The highest BCUT2D eigenvalue weighted by molar-refractivity contribution is 6.31. The lowest BCUT2D eigenvalue weighted by atomic mass is 9.99. The van der Waals surface area contributed by atoms with Crippen molar-refractivity contribution in [2.24, 2.45) is 12.9 Å². The molecule has 0 aliphatic rings. The lowest BCUT2D eigenvalue weighted by Crippen LogP contribution is -2.30. The summed E-state index contributed by atoms with van der Waals surface area (Å²) in [5, 5.41) is 0.757. The Kier molecular flexibility index (Phi) is 4.01. The molecule has 4 nitrogen and oxygen atoms in total. The number of hydrazine groups is 1. The predicted molar refractivity (Wildman–Crippen MR) is 73.2 cm³/mol. The molecule has 1 aromatic carbocycles. The van der Waals surface area contributed by atoms with Gasteiger partial charge in [-0.15, -0.1) is 0 Å². The summed E-state index contributed by atoms with van der Waals surface area (Å²) in [6, 6.07) is 5.86. The summed E-state index contributed by atoms with van der Waals surface area (Å²) in [6.07, 6.45) is 4.43. The number of aromatic nitrogens is 2. The van der Waals surface area contributed by atoms with Crippen molar-refractivity contribution < 1.29 is 0 Å². The van der Waals surface area contributed by atoms with Gasteiger partial charge in [0.2, 0.25) is 0 Å². The van der Waals surface area contributed by atoms with Gasteiger partial charge in [-0.3, -0.25) is 11.3 Å². The minimum atomic E-state index is 0.00444. The quantitative estimate of drug-likeness (QED) is 0.657. The molecular formula is C13H17ClN4. The molecule has 1 unspecified atom stereocenters. The Morgan fingerprint density at radius 2 is 2.28 bits per heavy atom. The van der Waals surface area contributed by atoms with Crippen LogP contribution in [-0.4, -0.2) is 9.55 Å². The number of imidazole rings is 1. The van der Waals surface area contributed by atoms with Crippen molar-refractivity contribution in [1.29, 1.82) is 0 Å². The smallest absolute Gasteiger partial charge is 0.110 e. The van der Waals surface area contributed by atoms with Gasteiger partial charge < -0.3 is 4.57 Å². The van der Waals surface area contributed by atoms with Crippen molar-refractivity contribution in [3.05, 3.63) is 52.6 Å². The molecule has 0 saturated heterocycles. The molecule has 3 N–H and O–H groups in total. The maximum Gasteiger partial charge on any atom is 0.110 e. The number of nitrogens with one attached hydrogen (secondary N) is 1. The van der Waals surface area contributed by atoms with Crippen molar-refractivity contribution in [1.82, 2.24) is 15.0 Å². The summed E-state index contributed by atoms with van der Waals surface area (Å²) in [6.45, 7) is 2.00. The SMILES string of the molecule is Cc1c(Cl)cccc1C(Cc1nccn1C)NN. The van der Waals surface area contributed by atoms with E-state index >= 15 is 0 Å². The van der Waals surface area contributed by atoms with Crippen molar-refractivity contribution >= 4 is 11.6 Å². The predicted octanol–water partition coefficient (Wildman–Crippen LogP) is 2.13. The first-order valence-corrected chi connectivity index (χ1v) is 6.18. The van der Waals surface area contributed by atoms with E-state index in [-0.39, 0.29) is 6.04 Å². The average Bonchev–Trinajstić information content (AvgIpc) is 2.76. The molecule has 0 aliphatic heterocycles. The Morgan fingerprint density at radius 1 is 1.50 bits per heavy atom. The summed E-state index contributed by atoms with van der Waals surface area (Å²) in [7, 11) is 1.97. The molecule has 0 bridgehead atoms. The lowest BCUT2D eigenvalue weighted by molar-refractivity contribution is 0.528. The lowest BCUT2D eigenvalue weighted by Gasteiger charge is -2.19. The molecule has 0 radical (unpaired) electrons. The molecule has 18 heavy (non-hydrogen) atoms. The van der Waals surface area contributed by atoms with Crippen LogP contribution in [0.4, 0.5) is 0 Å². The number of hydrogen-bond acceptors (Lipinski definition) is 3. The Balaban J connectivity index is 2.29. The van der Waals surface area contributed by atoms with Crippen LogP contribution in [0.5, 0.6) is 0 Å². The first kappa shape index (κ1) is 13.1. The zero-order chi connectivity index (χ0) is 13.1. The minimum absolute atomic E-state index is 0.00444. The van der Waals surface area contributed by atoms with Crippen LogP contribution in [0, 0.1) is 6.92 Å². The van der Waals surface area contributed by atoms with Crippen molar-refractivity contribution in [3.8, 4) is 0 Å². The Hall–Kier alpha value is -1.36. The maximum absolute atomic E-state index is 6.14. The first-order valence-electron chi connectivity index (χ1n) is 5.80. The molecule has 0 saturated carbocycles. The Morgan fingerprint density at radius 3 is 2.89 bits per heavy atom. The second kappa shape index (κ2) is 5.52. The van der Waals surface area contributed by atoms with Crippen LogP contribution >= 0.6 is 11.6 Å². The van der Waals surface area contributed by atoms with E-state index in [1.165, 1.54) is 0 Å². The molecule has 0 spiro atoms. The molecular weight excluding hydrogens is 248 g/mol. The van der Waals surface area contributed by atoms with E-state index in [1.807, 2.05) is 42.9 Å². The van der Waals surface area contributed by atoms with Gasteiger partial charge in [-0.25, -0.2) is 4.98 Å². The highest BCUT2D eigenvalue weighted by Gasteiger charge is 2.16. The fourth-order valence-electron chi connectivity index (χ4n) is 2.04. The minimum Gasteiger partial charge on any atom is -0.338 e. The van der Waals surface area contributed by atoms with Gasteiger partial charge in [0.1, 0.15) is 5.82 Å². The number of benzene rings is 1. The normalized spacial score (nSPS) is 12.7. The third kappa shape index (κ3) is 2.56. The van der Waals surface area contributed by atoms with Gasteiger partial charge in [0.05, 0.1) is 6.04 Å². The van der Waals surface area contributed by atoms with Crippen LogP contribution in [0.1, 0.15) is 23.0 Å². The first-order chi connectivity index (χ1) is 8.63. The molecule has 5 heteroatoms. The summed E-state index contributed by atoms with van der Waals surface area (Å²) in [5.41, 5.74) is 5.00. The molecule has 2 aromatic rings. The number of nitrogens with two attached hydrogens (primary N) is 1. The van der Waals surface area contributed by atoms with E-state index in [2.05, 4.69) is 10.4 Å². The fraction of sp³-hybridized carbons (Fsp3) is 0.308. The van der Waals surface area contributed by atoms with Crippen molar-refractivity contribution in [3.63, 3.8) is 0 Å².